The lowest BCUT2D eigenvalue weighted by Crippen LogP contribution is -2.24. The molecule has 0 spiro atoms. The standard InChI is InChI=1S/C15H10O6.C6H8ClN7O.ClH/c16-8-2-3-9-12(6-8)21-15(14(20)13(9)19)7-1-4-10(17)11(18)5-7;7-2-4(9)13-3(8)1(12-2)5(15)14-6(10)11;/h1-6,16-18,20H;(H4,8,9,13)(H4,10,11,14,15);1H. The third-order valence-corrected chi connectivity index (χ3v) is 4.71. The highest BCUT2D eigenvalue weighted by molar-refractivity contribution is 6.31. The number of aromatic hydroxyl groups is 4. The molecule has 2 aromatic heterocycles. The first-order chi connectivity index (χ1) is 16.9. The highest BCUT2D eigenvalue weighted by Crippen LogP contribution is 2.35. The third kappa shape index (κ3) is 6.19. The summed E-state index contributed by atoms with van der Waals surface area (Å²) < 4.78 is 5.43. The normalized spacial score (nSPS) is 10.1. The van der Waals surface area contributed by atoms with Crippen LogP contribution in [0.4, 0.5) is 11.6 Å². The van der Waals surface area contributed by atoms with Crippen molar-refractivity contribution in [1.82, 2.24) is 9.97 Å². The maximum atomic E-state index is 12.1. The van der Waals surface area contributed by atoms with Crippen molar-refractivity contribution in [3.05, 3.63) is 57.5 Å². The first kappa shape index (κ1) is 28.3. The van der Waals surface area contributed by atoms with Crippen LogP contribution in [-0.4, -0.2) is 42.3 Å². The van der Waals surface area contributed by atoms with E-state index >= 15 is 0 Å². The second-order valence-corrected chi connectivity index (χ2v) is 7.33. The van der Waals surface area contributed by atoms with E-state index in [2.05, 4.69) is 15.0 Å². The van der Waals surface area contributed by atoms with E-state index in [0.717, 1.165) is 6.07 Å². The number of nitrogen functional groups attached to an aromatic ring is 2. The highest BCUT2D eigenvalue weighted by Gasteiger charge is 2.17. The molecule has 194 valence electrons. The number of amides is 1. The van der Waals surface area contributed by atoms with Gasteiger partial charge in [-0.1, -0.05) is 11.6 Å². The van der Waals surface area contributed by atoms with Gasteiger partial charge < -0.3 is 47.8 Å². The molecule has 0 unspecified atom stereocenters. The van der Waals surface area contributed by atoms with Gasteiger partial charge in [0.2, 0.25) is 11.2 Å². The molecular formula is C21H19Cl2N7O7. The zero-order valence-electron chi connectivity index (χ0n) is 18.4. The largest absolute Gasteiger partial charge is 0.508 e. The zero-order chi connectivity index (χ0) is 26.7. The maximum Gasteiger partial charge on any atom is 0.302 e. The first-order valence-electron chi connectivity index (χ1n) is 9.62. The van der Waals surface area contributed by atoms with Gasteiger partial charge >= 0.3 is 5.91 Å². The molecule has 1 amide bonds. The number of nitrogens with zero attached hydrogens (tertiary/aromatic N) is 3. The lowest BCUT2D eigenvalue weighted by Gasteiger charge is -2.07. The van der Waals surface area contributed by atoms with Crippen LogP contribution in [0.2, 0.25) is 5.15 Å². The van der Waals surface area contributed by atoms with Gasteiger partial charge in [-0.05, 0) is 30.3 Å². The monoisotopic (exact) mass is 551 g/mol. The average molecular weight is 552 g/mol. The van der Waals surface area contributed by atoms with Gasteiger partial charge in [0.15, 0.2) is 45.7 Å². The minimum atomic E-state index is -0.832. The Morgan fingerprint density at radius 1 is 0.946 bits per heavy atom. The fourth-order valence-electron chi connectivity index (χ4n) is 2.80. The number of aromatic nitrogens is 2. The predicted molar refractivity (Wildman–Crippen MR) is 138 cm³/mol. The number of carbonyl (C=O) groups is 1. The zero-order valence-corrected chi connectivity index (χ0v) is 20.0. The summed E-state index contributed by atoms with van der Waals surface area (Å²) in [6.45, 7) is 0. The van der Waals surface area contributed by atoms with Crippen molar-refractivity contribution in [2.75, 3.05) is 11.5 Å². The number of benzene rings is 2. The molecule has 0 saturated heterocycles. The van der Waals surface area contributed by atoms with Gasteiger partial charge in [-0.15, -0.1) is 12.4 Å². The number of nitrogens with two attached hydrogens (primary N) is 4. The van der Waals surface area contributed by atoms with Crippen LogP contribution >= 0.6 is 24.0 Å². The van der Waals surface area contributed by atoms with Gasteiger partial charge in [0.1, 0.15) is 11.3 Å². The molecule has 12 N–H and O–H groups in total. The number of hydrogen-bond donors (Lipinski definition) is 8. The van der Waals surface area contributed by atoms with E-state index in [-0.39, 0.29) is 68.7 Å². The molecule has 0 radical (unpaired) electrons. The SMILES string of the molecule is Cl.NC(N)=NC(=O)c1nc(Cl)c(N)nc1N.O=c1c(O)c(-c2ccc(O)c(O)c2)oc2cc(O)ccc12. The smallest absolute Gasteiger partial charge is 0.302 e. The molecule has 2 heterocycles. The third-order valence-electron chi connectivity index (χ3n) is 4.43. The van der Waals surface area contributed by atoms with Crippen LogP contribution < -0.4 is 28.4 Å². The van der Waals surface area contributed by atoms with Gasteiger partial charge in [0, 0.05) is 11.6 Å². The summed E-state index contributed by atoms with van der Waals surface area (Å²) >= 11 is 5.55. The van der Waals surface area contributed by atoms with Gasteiger partial charge in [-0.3, -0.25) is 9.59 Å². The molecule has 14 nitrogen and oxygen atoms in total. The van der Waals surface area contributed by atoms with Gasteiger partial charge in [-0.25, -0.2) is 9.97 Å². The molecule has 37 heavy (non-hydrogen) atoms. The quantitative estimate of drug-likeness (QED) is 0.0994. The van der Waals surface area contributed by atoms with Crippen molar-refractivity contribution in [2.45, 2.75) is 0 Å². The molecule has 0 atom stereocenters. The molecule has 0 aliphatic heterocycles. The number of phenols is 3. The lowest BCUT2D eigenvalue weighted by atomic mass is 10.1. The van der Waals surface area contributed by atoms with Crippen molar-refractivity contribution in [1.29, 1.82) is 0 Å². The van der Waals surface area contributed by atoms with Crippen LogP contribution in [0.5, 0.6) is 23.0 Å². The minimum absolute atomic E-state index is 0. The number of rotatable bonds is 2. The van der Waals surface area contributed by atoms with Crippen LogP contribution in [0.25, 0.3) is 22.3 Å². The van der Waals surface area contributed by atoms with E-state index in [1.807, 2.05) is 0 Å². The van der Waals surface area contributed by atoms with Crippen LogP contribution in [0, 0.1) is 0 Å². The summed E-state index contributed by atoms with van der Waals surface area (Å²) in [6.07, 6.45) is 0. The minimum Gasteiger partial charge on any atom is -0.508 e. The van der Waals surface area contributed by atoms with E-state index in [1.54, 1.807) is 0 Å². The fraction of sp³-hybridized carbons (Fsp3) is 0. The summed E-state index contributed by atoms with van der Waals surface area (Å²) in [5.74, 6) is -3.11. The maximum absolute atomic E-state index is 12.1. The summed E-state index contributed by atoms with van der Waals surface area (Å²) in [5, 5.41) is 38.2. The van der Waals surface area contributed by atoms with Crippen LogP contribution in [0.15, 0.2) is 50.6 Å². The number of phenolic OH excluding ortho intramolecular Hbond substituents is 3. The van der Waals surface area contributed by atoms with Gasteiger partial charge in [-0.2, -0.15) is 4.99 Å². The number of carbonyl (C=O) groups excluding carboxylic acids is 1. The Labute approximate surface area is 217 Å². The number of fused-ring (bicyclic) bond motifs is 1. The number of guanidine groups is 1. The predicted octanol–water partition coefficient (Wildman–Crippen LogP) is 1.41. The Kier molecular flexibility index (Phi) is 8.56. The second-order valence-electron chi connectivity index (χ2n) is 6.97. The Balaban J connectivity index is 0.000000268. The Hall–Kier alpha value is -4.95. The topological polar surface area (TPSA) is 270 Å². The summed E-state index contributed by atoms with van der Waals surface area (Å²) in [4.78, 5) is 33.8. The Morgan fingerprint density at radius 3 is 2.24 bits per heavy atom. The number of halogens is 2. The van der Waals surface area contributed by atoms with Crippen molar-refractivity contribution >= 4 is 58.5 Å². The van der Waals surface area contributed by atoms with E-state index in [1.165, 1.54) is 30.3 Å². The average Bonchev–Trinajstić information content (AvgIpc) is 2.80. The molecule has 4 rings (SSSR count). The van der Waals surface area contributed by atoms with Crippen molar-refractivity contribution in [3.63, 3.8) is 0 Å². The molecule has 2 aromatic carbocycles. The van der Waals surface area contributed by atoms with Crippen molar-refractivity contribution in [3.8, 4) is 34.3 Å². The van der Waals surface area contributed by atoms with Gasteiger partial charge in [0.25, 0.3) is 0 Å². The summed E-state index contributed by atoms with van der Waals surface area (Å²) in [6, 6.07) is 7.64. The molecule has 0 saturated carbocycles. The molecule has 0 bridgehead atoms. The number of anilines is 2. The molecule has 16 heteroatoms. The number of aliphatic imine (C=N–C) groups is 1. The molecule has 0 aliphatic rings. The molecule has 4 aromatic rings. The molecule has 0 fully saturated rings. The van der Waals surface area contributed by atoms with Crippen LogP contribution in [0.1, 0.15) is 10.5 Å². The van der Waals surface area contributed by atoms with Crippen molar-refractivity contribution < 1.29 is 29.6 Å². The summed E-state index contributed by atoms with van der Waals surface area (Å²) in [7, 11) is 0. The van der Waals surface area contributed by atoms with Crippen LogP contribution in [-0.2, 0) is 0 Å². The van der Waals surface area contributed by atoms with Gasteiger partial charge in [0.05, 0.1) is 5.39 Å². The van der Waals surface area contributed by atoms with Crippen molar-refractivity contribution in [2.24, 2.45) is 16.5 Å². The summed E-state index contributed by atoms with van der Waals surface area (Å²) in [5.41, 5.74) is 20.1. The Bertz CT molecular complexity index is 1590. The van der Waals surface area contributed by atoms with E-state index in [4.69, 9.17) is 39.0 Å². The highest BCUT2D eigenvalue weighted by atomic mass is 35.5. The molecule has 0 aliphatic carbocycles. The van der Waals surface area contributed by atoms with Crippen LogP contribution in [0.3, 0.4) is 0 Å². The fourth-order valence-corrected chi connectivity index (χ4v) is 2.93. The second kappa shape index (κ2) is 11.2. The van der Waals surface area contributed by atoms with E-state index in [0.29, 0.717) is 0 Å². The number of hydrogen-bond acceptors (Lipinski definition) is 11. The lowest BCUT2D eigenvalue weighted by molar-refractivity contribution is 0.0998. The van der Waals surface area contributed by atoms with E-state index < -0.39 is 28.8 Å². The first-order valence-corrected chi connectivity index (χ1v) is 10.0. The molecular weight excluding hydrogens is 533 g/mol. The Morgan fingerprint density at radius 2 is 1.62 bits per heavy atom. The van der Waals surface area contributed by atoms with E-state index in [9.17, 15) is 30.0 Å².